The largest absolute Gasteiger partial charge is 0.370 e. The molecule has 0 aromatic carbocycles. The molecule has 1 aromatic heterocycles. The molecule has 114 valence electrons. The Hall–Kier alpha value is -1.17. The Kier molecular flexibility index (Phi) is 6.91. The molecular formula is C14H26N4OS. The first kappa shape index (κ1) is 16.9. The van der Waals surface area contributed by atoms with E-state index in [1.54, 1.807) is 6.26 Å². The smallest absolute Gasteiger partial charge is 0.135 e. The Bertz CT molecular complexity index is 463. The van der Waals surface area contributed by atoms with Gasteiger partial charge in [-0.1, -0.05) is 13.8 Å². The third-order valence-electron chi connectivity index (χ3n) is 2.92. The van der Waals surface area contributed by atoms with Crippen LogP contribution in [0, 0.1) is 6.92 Å². The van der Waals surface area contributed by atoms with Gasteiger partial charge in [-0.3, -0.25) is 4.21 Å². The molecule has 1 atom stereocenters. The predicted octanol–water partition coefficient (Wildman–Crippen LogP) is 2.52. The van der Waals surface area contributed by atoms with Crippen LogP contribution in [0.1, 0.15) is 44.5 Å². The zero-order valence-corrected chi connectivity index (χ0v) is 13.9. The van der Waals surface area contributed by atoms with E-state index in [-0.39, 0.29) is 5.92 Å². The first-order valence-corrected chi connectivity index (χ1v) is 8.84. The summed E-state index contributed by atoms with van der Waals surface area (Å²) in [5, 5.41) is 6.62. The van der Waals surface area contributed by atoms with Crippen molar-refractivity contribution in [1.82, 2.24) is 9.97 Å². The zero-order valence-electron chi connectivity index (χ0n) is 13.1. The highest BCUT2D eigenvalue weighted by Crippen LogP contribution is 2.22. The van der Waals surface area contributed by atoms with Gasteiger partial charge in [0.25, 0.3) is 0 Å². The second-order valence-electron chi connectivity index (χ2n) is 5.15. The molecule has 0 saturated heterocycles. The maximum absolute atomic E-state index is 11.1. The molecule has 0 fully saturated rings. The molecule has 0 radical (unpaired) electrons. The zero-order chi connectivity index (χ0) is 15.1. The van der Waals surface area contributed by atoms with E-state index in [0.717, 1.165) is 42.5 Å². The number of aromatic nitrogens is 2. The summed E-state index contributed by atoms with van der Waals surface area (Å²) in [4.78, 5) is 9.16. The summed E-state index contributed by atoms with van der Waals surface area (Å²) in [6.07, 6.45) is 2.61. The van der Waals surface area contributed by atoms with Crippen molar-refractivity contribution in [3.63, 3.8) is 0 Å². The fourth-order valence-electron chi connectivity index (χ4n) is 1.79. The molecule has 0 aliphatic rings. The first-order valence-electron chi connectivity index (χ1n) is 7.12. The number of nitrogens with one attached hydrogen (secondary N) is 2. The monoisotopic (exact) mass is 298 g/mol. The van der Waals surface area contributed by atoms with E-state index in [0.29, 0.717) is 5.75 Å². The first-order chi connectivity index (χ1) is 9.45. The van der Waals surface area contributed by atoms with Gasteiger partial charge >= 0.3 is 0 Å². The van der Waals surface area contributed by atoms with Gasteiger partial charge in [0, 0.05) is 47.4 Å². The average molecular weight is 298 g/mol. The van der Waals surface area contributed by atoms with Crippen molar-refractivity contribution < 1.29 is 4.21 Å². The minimum absolute atomic E-state index is 0.289. The Morgan fingerprint density at radius 3 is 2.30 bits per heavy atom. The lowest BCUT2D eigenvalue weighted by molar-refractivity contribution is 0.685. The standard InChI is InChI=1S/C14H26N4OS/c1-6-15-13-11(4)14(16-8-7-9-20(5)19)18-12(17-13)10(2)3/h10H,6-9H2,1-5H3,(H2,15,16,17,18). The number of hydrogen-bond acceptors (Lipinski definition) is 5. The van der Waals surface area contributed by atoms with E-state index in [4.69, 9.17) is 0 Å². The lowest BCUT2D eigenvalue weighted by atomic mass is 10.2. The number of nitrogens with zero attached hydrogens (tertiary/aromatic N) is 2. The molecule has 0 aliphatic carbocycles. The van der Waals surface area contributed by atoms with Crippen LogP contribution in [0.4, 0.5) is 11.6 Å². The maximum atomic E-state index is 11.1. The molecule has 1 unspecified atom stereocenters. The highest BCUT2D eigenvalue weighted by atomic mass is 32.2. The van der Waals surface area contributed by atoms with Gasteiger partial charge in [-0.05, 0) is 20.3 Å². The second-order valence-corrected chi connectivity index (χ2v) is 6.70. The lowest BCUT2D eigenvalue weighted by Crippen LogP contribution is -2.13. The second kappa shape index (κ2) is 8.19. The minimum Gasteiger partial charge on any atom is -0.370 e. The molecule has 0 amide bonds. The normalized spacial score (nSPS) is 12.5. The fraction of sp³-hybridized carbons (Fsp3) is 0.714. The van der Waals surface area contributed by atoms with Crippen molar-refractivity contribution in [2.75, 3.05) is 35.7 Å². The summed E-state index contributed by atoms with van der Waals surface area (Å²) in [5.74, 6) is 3.62. The molecule has 0 saturated carbocycles. The van der Waals surface area contributed by atoms with Crippen LogP contribution in [0.15, 0.2) is 0 Å². The van der Waals surface area contributed by atoms with Crippen LogP contribution in [0.25, 0.3) is 0 Å². The van der Waals surface area contributed by atoms with Gasteiger partial charge in [-0.2, -0.15) is 0 Å². The highest BCUT2D eigenvalue weighted by Gasteiger charge is 2.12. The molecule has 0 bridgehead atoms. The maximum Gasteiger partial charge on any atom is 0.135 e. The van der Waals surface area contributed by atoms with Crippen LogP contribution in [0.5, 0.6) is 0 Å². The SMILES string of the molecule is CCNc1nc(C(C)C)nc(NCCCS(C)=O)c1C. The number of hydrogen-bond donors (Lipinski definition) is 2. The van der Waals surface area contributed by atoms with E-state index < -0.39 is 10.8 Å². The quantitative estimate of drug-likeness (QED) is 0.722. The van der Waals surface area contributed by atoms with E-state index >= 15 is 0 Å². The Balaban J connectivity index is 2.84. The molecule has 1 heterocycles. The summed E-state index contributed by atoms with van der Waals surface area (Å²) in [5.41, 5.74) is 1.04. The van der Waals surface area contributed by atoms with Crippen molar-refractivity contribution in [2.24, 2.45) is 0 Å². The van der Waals surface area contributed by atoms with Crippen molar-refractivity contribution in [3.05, 3.63) is 11.4 Å². The van der Waals surface area contributed by atoms with Crippen molar-refractivity contribution in [1.29, 1.82) is 0 Å². The van der Waals surface area contributed by atoms with Crippen LogP contribution in [0.2, 0.25) is 0 Å². The summed E-state index contributed by atoms with van der Waals surface area (Å²) in [7, 11) is -0.733. The molecule has 1 aromatic rings. The molecule has 20 heavy (non-hydrogen) atoms. The number of anilines is 2. The molecule has 6 heteroatoms. The topological polar surface area (TPSA) is 66.9 Å². The molecule has 0 aliphatic heterocycles. The van der Waals surface area contributed by atoms with Gasteiger partial charge in [-0.15, -0.1) is 0 Å². The van der Waals surface area contributed by atoms with Gasteiger partial charge in [0.1, 0.15) is 17.5 Å². The Morgan fingerprint density at radius 1 is 1.20 bits per heavy atom. The third-order valence-corrected chi connectivity index (χ3v) is 3.79. The van der Waals surface area contributed by atoms with Crippen molar-refractivity contribution >= 4 is 22.4 Å². The molecule has 2 N–H and O–H groups in total. The van der Waals surface area contributed by atoms with Crippen LogP contribution >= 0.6 is 0 Å². The number of rotatable bonds is 8. The Morgan fingerprint density at radius 2 is 1.80 bits per heavy atom. The van der Waals surface area contributed by atoms with E-state index in [9.17, 15) is 4.21 Å². The summed E-state index contributed by atoms with van der Waals surface area (Å²) in [6.45, 7) is 9.86. The van der Waals surface area contributed by atoms with Crippen LogP contribution in [-0.2, 0) is 10.8 Å². The lowest BCUT2D eigenvalue weighted by Gasteiger charge is -2.15. The van der Waals surface area contributed by atoms with Gasteiger partial charge in [-0.25, -0.2) is 9.97 Å². The fourth-order valence-corrected chi connectivity index (χ4v) is 2.34. The average Bonchev–Trinajstić information content (AvgIpc) is 2.38. The van der Waals surface area contributed by atoms with Gasteiger partial charge in [0.05, 0.1) is 0 Å². The Labute approximate surface area is 124 Å². The van der Waals surface area contributed by atoms with E-state index in [1.807, 2.05) is 6.92 Å². The summed E-state index contributed by atoms with van der Waals surface area (Å²) in [6, 6.07) is 0. The minimum atomic E-state index is -0.733. The van der Waals surface area contributed by atoms with Crippen LogP contribution < -0.4 is 10.6 Å². The highest BCUT2D eigenvalue weighted by molar-refractivity contribution is 7.84. The van der Waals surface area contributed by atoms with E-state index in [1.165, 1.54) is 0 Å². The summed E-state index contributed by atoms with van der Waals surface area (Å²) >= 11 is 0. The van der Waals surface area contributed by atoms with Gasteiger partial charge in [0.2, 0.25) is 0 Å². The third kappa shape index (κ3) is 5.07. The van der Waals surface area contributed by atoms with Crippen LogP contribution in [-0.4, -0.2) is 39.3 Å². The molecule has 5 nitrogen and oxygen atoms in total. The summed E-state index contributed by atoms with van der Waals surface area (Å²) < 4.78 is 11.1. The van der Waals surface area contributed by atoms with E-state index in [2.05, 4.69) is 41.4 Å². The molecular weight excluding hydrogens is 272 g/mol. The molecule has 0 spiro atoms. The van der Waals surface area contributed by atoms with Crippen molar-refractivity contribution in [3.8, 4) is 0 Å². The van der Waals surface area contributed by atoms with Crippen molar-refractivity contribution in [2.45, 2.75) is 40.0 Å². The predicted molar refractivity (Wildman–Crippen MR) is 87.1 cm³/mol. The van der Waals surface area contributed by atoms with Gasteiger partial charge in [0.15, 0.2) is 0 Å². The van der Waals surface area contributed by atoms with Gasteiger partial charge < -0.3 is 10.6 Å². The molecule has 1 rings (SSSR count). The van der Waals surface area contributed by atoms with Crippen LogP contribution in [0.3, 0.4) is 0 Å².